The second-order valence-electron chi connectivity index (χ2n) is 3.32. The van der Waals surface area contributed by atoms with Gasteiger partial charge in [-0.05, 0) is 25.2 Å². The van der Waals surface area contributed by atoms with Crippen LogP contribution in [0, 0.1) is 5.92 Å². The Hall–Kier alpha value is -0.0800. The van der Waals surface area contributed by atoms with Crippen molar-refractivity contribution < 1.29 is 9.84 Å². The Morgan fingerprint density at radius 2 is 2.18 bits per heavy atom. The van der Waals surface area contributed by atoms with Gasteiger partial charge in [-0.15, -0.1) is 0 Å². The quantitative estimate of drug-likeness (QED) is 0.615. The van der Waals surface area contributed by atoms with Gasteiger partial charge in [-0.1, -0.05) is 13.3 Å². The number of hydrogen-bond donors (Lipinski definition) is 1. The van der Waals surface area contributed by atoms with Crippen LogP contribution in [0.5, 0.6) is 0 Å². The van der Waals surface area contributed by atoms with Crippen LogP contribution in [0.25, 0.3) is 0 Å². The molecule has 1 aliphatic carbocycles. The van der Waals surface area contributed by atoms with Gasteiger partial charge in [0.15, 0.2) is 0 Å². The number of aliphatic hydroxyl groups excluding tert-OH is 1. The van der Waals surface area contributed by atoms with Gasteiger partial charge >= 0.3 is 0 Å². The lowest BCUT2D eigenvalue weighted by atomic mass is 9.80. The first-order valence-corrected chi connectivity index (χ1v) is 4.59. The molecule has 2 nitrogen and oxygen atoms in total. The van der Waals surface area contributed by atoms with E-state index < -0.39 is 0 Å². The first-order valence-electron chi connectivity index (χ1n) is 4.59. The lowest BCUT2D eigenvalue weighted by molar-refractivity contribution is -0.0350. The first kappa shape index (κ1) is 9.01. The van der Waals surface area contributed by atoms with E-state index >= 15 is 0 Å². The summed E-state index contributed by atoms with van der Waals surface area (Å²) in [4.78, 5) is 0. The van der Waals surface area contributed by atoms with Gasteiger partial charge in [-0.2, -0.15) is 0 Å². The van der Waals surface area contributed by atoms with Crippen molar-refractivity contribution in [2.75, 3.05) is 13.2 Å². The summed E-state index contributed by atoms with van der Waals surface area (Å²) in [7, 11) is 0. The molecule has 2 heteroatoms. The highest BCUT2D eigenvalue weighted by molar-refractivity contribution is 4.78. The molecule has 0 aromatic heterocycles. The minimum absolute atomic E-state index is 0.254. The van der Waals surface area contributed by atoms with Gasteiger partial charge < -0.3 is 9.84 Å². The maximum absolute atomic E-state index is 8.49. The largest absolute Gasteiger partial charge is 0.396 e. The van der Waals surface area contributed by atoms with Gasteiger partial charge in [-0.25, -0.2) is 0 Å². The lowest BCUT2D eigenvalue weighted by Gasteiger charge is -2.34. The molecule has 0 bridgehead atoms. The lowest BCUT2D eigenvalue weighted by Crippen LogP contribution is -2.31. The minimum Gasteiger partial charge on any atom is -0.396 e. The van der Waals surface area contributed by atoms with Crippen LogP contribution in [0.3, 0.4) is 0 Å². The predicted molar refractivity (Wildman–Crippen MR) is 44.5 cm³/mol. The standard InChI is InChI=1S/C9H18O2/c1-2-8-6-9(7-8)11-5-3-4-10/h8-10H,2-7H2,1H3/t8-,9-. The SMILES string of the molecule is CC[C@H]1C[C@H](OCCCO)C1. The number of rotatable bonds is 5. The fourth-order valence-electron chi connectivity index (χ4n) is 1.46. The van der Waals surface area contributed by atoms with E-state index in [2.05, 4.69) is 6.92 Å². The molecule has 0 aromatic rings. The molecule has 0 atom stereocenters. The van der Waals surface area contributed by atoms with E-state index in [0.717, 1.165) is 18.9 Å². The molecule has 1 N–H and O–H groups in total. The van der Waals surface area contributed by atoms with Crippen LogP contribution in [0.1, 0.15) is 32.6 Å². The Morgan fingerprint density at radius 3 is 2.73 bits per heavy atom. The average Bonchev–Trinajstić information content (AvgIpc) is 1.94. The highest BCUT2D eigenvalue weighted by atomic mass is 16.5. The zero-order valence-electron chi connectivity index (χ0n) is 7.25. The van der Waals surface area contributed by atoms with Crippen molar-refractivity contribution in [1.82, 2.24) is 0 Å². The van der Waals surface area contributed by atoms with E-state index in [4.69, 9.17) is 9.84 Å². The summed E-state index contributed by atoms with van der Waals surface area (Å²) in [6, 6.07) is 0. The van der Waals surface area contributed by atoms with E-state index in [-0.39, 0.29) is 6.61 Å². The highest BCUT2D eigenvalue weighted by Crippen LogP contribution is 2.32. The van der Waals surface area contributed by atoms with Crippen molar-refractivity contribution >= 4 is 0 Å². The Kier molecular flexibility index (Phi) is 3.87. The fraction of sp³-hybridized carbons (Fsp3) is 1.00. The minimum atomic E-state index is 0.254. The molecule has 0 unspecified atom stereocenters. The van der Waals surface area contributed by atoms with Gasteiger partial charge in [0, 0.05) is 13.2 Å². The van der Waals surface area contributed by atoms with E-state index in [9.17, 15) is 0 Å². The average molecular weight is 158 g/mol. The third kappa shape index (κ3) is 2.80. The molecule has 1 aliphatic rings. The van der Waals surface area contributed by atoms with Gasteiger partial charge in [0.05, 0.1) is 6.10 Å². The van der Waals surface area contributed by atoms with Crippen LogP contribution in [-0.2, 0) is 4.74 Å². The molecule has 0 heterocycles. The third-order valence-corrected chi connectivity index (χ3v) is 2.43. The maximum Gasteiger partial charge on any atom is 0.0580 e. The number of hydrogen-bond acceptors (Lipinski definition) is 2. The molecule has 0 amide bonds. The van der Waals surface area contributed by atoms with Crippen LogP contribution in [0.2, 0.25) is 0 Å². The molecule has 1 rings (SSSR count). The molecule has 1 saturated carbocycles. The second-order valence-corrected chi connectivity index (χ2v) is 3.32. The summed E-state index contributed by atoms with van der Waals surface area (Å²) >= 11 is 0. The van der Waals surface area contributed by atoms with Crippen molar-refractivity contribution in [3.05, 3.63) is 0 Å². The summed E-state index contributed by atoms with van der Waals surface area (Å²) in [5, 5.41) is 8.49. The third-order valence-electron chi connectivity index (χ3n) is 2.43. The van der Waals surface area contributed by atoms with Crippen LogP contribution >= 0.6 is 0 Å². The Bertz CT molecular complexity index is 97.7. The van der Waals surface area contributed by atoms with E-state index in [1.54, 1.807) is 0 Å². The fourth-order valence-corrected chi connectivity index (χ4v) is 1.46. The van der Waals surface area contributed by atoms with E-state index in [1.807, 2.05) is 0 Å². The molecular weight excluding hydrogens is 140 g/mol. The van der Waals surface area contributed by atoms with Crippen molar-refractivity contribution in [3.8, 4) is 0 Å². The normalized spacial score (nSPS) is 30.0. The molecule has 11 heavy (non-hydrogen) atoms. The van der Waals surface area contributed by atoms with Crippen molar-refractivity contribution in [1.29, 1.82) is 0 Å². The molecule has 0 radical (unpaired) electrons. The highest BCUT2D eigenvalue weighted by Gasteiger charge is 2.27. The van der Waals surface area contributed by atoms with Gasteiger partial charge in [0.2, 0.25) is 0 Å². The second kappa shape index (κ2) is 4.73. The summed E-state index contributed by atoms with van der Waals surface area (Å²) in [5.41, 5.74) is 0. The maximum atomic E-state index is 8.49. The van der Waals surface area contributed by atoms with Gasteiger partial charge in [0.1, 0.15) is 0 Å². The molecular formula is C9H18O2. The van der Waals surface area contributed by atoms with Crippen LogP contribution in [0.4, 0.5) is 0 Å². The van der Waals surface area contributed by atoms with Crippen LogP contribution < -0.4 is 0 Å². The topological polar surface area (TPSA) is 29.5 Å². The summed E-state index contributed by atoms with van der Waals surface area (Å²) < 4.78 is 5.49. The zero-order chi connectivity index (χ0) is 8.10. The van der Waals surface area contributed by atoms with Gasteiger partial charge in [0.25, 0.3) is 0 Å². The summed E-state index contributed by atoms with van der Waals surface area (Å²) in [6.07, 6.45) is 5.06. The Morgan fingerprint density at radius 1 is 1.45 bits per heavy atom. The molecule has 0 aliphatic heterocycles. The first-order chi connectivity index (χ1) is 5.36. The Balaban J connectivity index is 1.88. The van der Waals surface area contributed by atoms with Crippen molar-refractivity contribution in [2.24, 2.45) is 5.92 Å². The number of ether oxygens (including phenoxy) is 1. The number of aliphatic hydroxyl groups is 1. The smallest absolute Gasteiger partial charge is 0.0580 e. The molecule has 0 saturated heterocycles. The van der Waals surface area contributed by atoms with Gasteiger partial charge in [-0.3, -0.25) is 0 Å². The molecule has 66 valence electrons. The molecule has 0 aromatic carbocycles. The van der Waals surface area contributed by atoms with E-state index in [1.165, 1.54) is 19.3 Å². The summed E-state index contributed by atoms with van der Waals surface area (Å²) in [5.74, 6) is 0.911. The monoisotopic (exact) mass is 158 g/mol. The van der Waals surface area contributed by atoms with Crippen LogP contribution in [-0.4, -0.2) is 24.4 Å². The molecule has 1 fully saturated rings. The van der Waals surface area contributed by atoms with Crippen LogP contribution in [0.15, 0.2) is 0 Å². The van der Waals surface area contributed by atoms with Crippen molar-refractivity contribution in [3.63, 3.8) is 0 Å². The summed E-state index contributed by atoms with van der Waals surface area (Å²) in [6.45, 7) is 3.22. The Labute approximate surface area is 68.6 Å². The van der Waals surface area contributed by atoms with Crippen molar-refractivity contribution in [2.45, 2.75) is 38.7 Å². The molecule has 0 spiro atoms. The predicted octanol–water partition coefficient (Wildman–Crippen LogP) is 1.57. The van der Waals surface area contributed by atoms with E-state index in [0.29, 0.717) is 6.10 Å². The zero-order valence-corrected chi connectivity index (χ0v) is 7.25.